The first kappa shape index (κ1) is 25.2. The van der Waals surface area contributed by atoms with Crippen LogP contribution in [0.3, 0.4) is 0 Å². The second-order valence-electron chi connectivity index (χ2n) is 10.1. The number of piperidine rings is 1. The Bertz CT molecular complexity index is 1570. The van der Waals surface area contributed by atoms with E-state index in [2.05, 4.69) is 0 Å². The number of pyridine rings is 1. The van der Waals surface area contributed by atoms with Gasteiger partial charge in [-0.3, -0.25) is 19.3 Å². The fraction of sp³-hybridized carbons (Fsp3) is 0.308. The van der Waals surface area contributed by atoms with E-state index in [1.807, 2.05) is 6.92 Å². The first-order chi connectivity index (χ1) is 18.0. The van der Waals surface area contributed by atoms with Crippen molar-refractivity contribution in [3.8, 4) is 5.75 Å². The molecule has 2 aromatic carbocycles. The molecule has 3 aliphatic rings. The van der Waals surface area contributed by atoms with Crippen LogP contribution in [0.5, 0.6) is 5.75 Å². The highest BCUT2D eigenvalue weighted by atomic mass is 32.2. The van der Waals surface area contributed by atoms with E-state index >= 15 is 4.39 Å². The number of fused-ring (bicyclic) bond motifs is 4. The van der Waals surface area contributed by atoms with E-state index in [4.69, 9.17) is 23.5 Å². The van der Waals surface area contributed by atoms with Gasteiger partial charge in [-0.05, 0) is 52.1 Å². The number of halogens is 2. The van der Waals surface area contributed by atoms with Crippen LogP contribution >= 0.6 is 11.8 Å². The van der Waals surface area contributed by atoms with Gasteiger partial charge < -0.3 is 10.0 Å². The minimum Gasteiger partial charge on any atom is -0.502 e. The summed E-state index contributed by atoms with van der Waals surface area (Å²) in [4.78, 5) is 28.2. The van der Waals surface area contributed by atoms with E-state index in [0.717, 1.165) is 30.3 Å². The van der Waals surface area contributed by atoms with Crippen molar-refractivity contribution in [2.75, 3.05) is 11.6 Å². The van der Waals surface area contributed by atoms with Crippen molar-refractivity contribution in [1.29, 1.82) is 0 Å². The predicted octanol–water partition coefficient (Wildman–Crippen LogP) is 2.60. The highest BCUT2D eigenvalue weighted by Gasteiger charge is 2.53. The van der Waals surface area contributed by atoms with Gasteiger partial charge in [-0.25, -0.2) is 8.78 Å². The smallest absolute Gasteiger partial charge is 0.278 e. The molecule has 0 bridgehead atoms. The van der Waals surface area contributed by atoms with Crippen molar-refractivity contribution in [1.82, 2.24) is 9.58 Å². The molecule has 3 aromatic rings. The molecule has 6 nitrogen and oxygen atoms in total. The Hall–Kier alpha value is -3.14. The lowest BCUT2D eigenvalue weighted by Gasteiger charge is -2.57. The average Bonchev–Trinajstić information content (AvgIpc) is 2.95. The molecule has 4 heterocycles. The summed E-state index contributed by atoms with van der Waals surface area (Å²) >= 11 is 0.937. The van der Waals surface area contributed by atoms with Gasteiger partial charge in [-0.2, -0.15) is 0 Å². The van der Waals surface area contributed by atoms with Crippen LogP contribution in [-0.2, 0) is 9.98 Å². The number of thioether (sulfide) groups is 1. The number of rotatable bonds is 1. The van der Waals surface area contributed by atoms with E-state index in [1.54, 1.807) is 34.2 Å². The van der Waals surface area contributed by atoms with Crippen LogP contribution in [-0.4, -0.2) is 56.8 Å². The van der Waals surface area contributed by atoms with Crippen molar-refractivity contribution in [3.63, 3.8) is 0 Å². The maximum atomic E-state index is 15.6. The maximum absolute atomic E-state index is 15.6. The highest BCUT2D eigenvalue weighted by Crippen LogP contribution is 2.52. The summed E-state index contributed by atoms with van der Waals surface area (Å²) in [5.74, 6) is -3.47. The molecule has 3 atom stereocenters. The Kier molecular flexibility index (Phi) is 5.58. The molecule has 186 valence electrons. The molecule has 1 aromatic heterocycles. The topological polar surface area (TPSA) is 65.8 Å². The van der Waals surface area contributed by atoms with Crippen LogP contribution in [0.25, 0.3) is 0 Å². The lowest BCUT2D eigenvalue weighted by Crippen LogP contribution is -2.70. The zero-order chi connectivity index (χ0) is 27.1. The fourth-order valence-electron chi connectivity index (χ4n) is 5.94. The molecule has 0 spiro atoms. The lowest BCUT2D eigenvalue weighted by molar-refractivity contribution is 0.0364. The van der Waals surface area contributed by atoms with Crippen molar-refractivity contribution in [3.05, 3.63) is 92.9 Å². The maximum Gasteiger partial charge on any atom is 0.278 e. The number of benzene rings is 2. The molecule has 38 heavy (non-hydrogen) atoms. The van der Waals surface area contributed by atoms with Gasteiger partial charge in [0, 0.05) is 23.7 Å². The van der Waals surface area contributed by atoms with E-state index in [1.165, 1.54) is 16.9 Å². The van der Waals surface area contributed by atoms with Crippen LogP contribution in [0.15, 0.2) is 58.4 Å². The minimum absolute atomic E-state index is 0.0934. The second-order valence-corrected chi connectivity index (χ2v) is 11.4. The number of amides is 1. The summed E-state index contributed by atoms with van der Waals surface area (Å²) in [6.07, 6.45) is 1.95. The van der Waals surface area contributed by atoms with Gasteiger partial charge >= 0.3 is 0 Å². The summed E-state index contributed by atoms with van der Waals surface area (Å²) in [5, 5.41) is 12.4. The first-order valence-corrected chi connectivity index (χ1v) is 13.0. The summed E-state index contributed by atoms with van der Waals surface area (Å²) in [7, 11) is 20.3. The average molecular weight is 525 g/mol. The molecule has 1 N–H and O–H groups in total. The zero-order valence-corrected chi connectivity index (χ0v) is 21.2. The summed E-state index contributed by atoms with van der Waals surface area (Å²) in [6.45, 7) is 2.35. The van der Waals surface area contributed by atoms with E-state index in [9.17, 15) is 19.1 Å². The Morgan fingerprint density at radius 1 is 1.03 bits per heavy atom. The number of carbonyl (C=O) groups is 1. The number of carbonyl (C=O) groups excluding carboxylic acids is 1. The van der Waals surface area contributed by atoms with Crippen LogP contribution in [0.1, 0.15) is 46.9 Å². The van der Waals surface area contributed by atoms with Crippen molar-refractivity contribution in [2.45, 2.75) is 40.8 Å². The molecule has 6 radical (unpaired) electrons. The third kappa shape index (κ3) is 3.35. The predicted molar refractivity (Wildman–Crippen MR) is 142 cm³/mol. The highest BCUT2D eigenvalue weighted by molar-refractivity contribution is 8.02. The SMILES string of the molecule is [B]C1([B])Sc2ccccc2[C@]([B])(N2[C@@H]3CC[C@@H](C)CN3C(=O)c3c(O)c(=O)ccn32)c2ccc(F)c(F)c21. The van der Waals surface area contributed by atoms with Gasteiger partial charge in [0.05, 0.1) is 21.1 Å². The van der Waals surface area contributed by atoms with Gasteiger partial charge in [0.15, 0.2) is 23.1 Å². The van der Waals surface area contributed by atoms with Gasteiger partial charge in [-0.1, -0.05) is 31.2 Å². The Morgan fingerprint density at radius 2 is 1.76 bits per heavy atom. The Labute approximate surface area is 226 Å². The number of aromatic hydroxyl groups is 1. The molecule has 0 aliphatic carbocycles. The van der Waals surface area contributed by atoms with Gasteiger partial charge in [0.1, 0.15) is 14.0 Å². The van der Waals surface area contributed by atoms with Crippen LogP contribution < -0.4 is 10.4 Å². The van der Waals surface area contributed by atoms with Crippen molar-refractivity contribution in [2.24, 2.45) is 5.92 Å². The molecule has 1 saturated heterocycles. The van der Waals surface area contributed by atoms with E-state index < -0.39 is 44.9 Å². The Morgan fingerprint density at radius 3 is 2.53 bits per heavy atom. The summed E-state index contributed by atoms with van der Waals surface area (Å²) < 4.78 is 29.7. The van der Waals surface area contributed by atoms with Gasteiger partial charge in [0.25, 0.3) is 5.91 Å². The number of aromatic nitrogens is 1. The largest absolute Gasteiger partial charge is 0.502 e. The molecule has 0 saturated carbocycles. The number of nitrogens with zero attached hydrogens (tertiary/aromatic N) is 3. The molecule has 3 aliphatic heterocycles. The normalized spacial score (nSPS) is 25.6. The van der Waals surface area contributed by atoms with Crippen LogP contribution in [0.2, 0.25) is 0 Å². The third-order valence-corrected chi connectivity index (χ3v) is 8.77. The summed E-state index contributed by atoms with van der Waals surface area (Å²) in [5.41, 5.74) is -2.51. The summed E-state index contributed by atoms with van der Waals surface area (Å²) in [6, 6.07) is 10.4. The monoisotopic (exact) mass is 525 g/mol. The molecular formula is C26H20B3F2N3O3S. The lowest BCUT2D eigenvalue weighted by atomic mass is 9.58. The molecular weight excluding hydrogens is 505 g/mol. The molecule has 1 fully saturated rings. The van der Waals surface area contributed by atoms with E-state index in [0.29, 0.717) is 23.4 Å². The number of hydrogen-bond donors (Lipinski definition) is 1. The van der Waals surface area contributed by atoms with Crippen LogP contribution in [0.4, 0.5) is 8.78 Å². The second kappa shape index (κ2) is 8.43. The van der Waals surface area contributed by atoms with Crippen LogP contribution in [0, 0.1) is 17.6 Å². The zero-order valence-electron chi connectivity index (χ0n) is 20.4. The van der Waals surface area contributed by atoms with Crippen molar-refractivity contribution >= 4 is 41.2 Å². The first-order valence-electron chi connectivity index (χ1n) is 12.2. The van der Waals surface area contributed by atoms with E-state index in [-0.39, 0.29) is 22.7 Å². The standard InChI is InChI=1S/C26H20B3F2N3O3S/c1-13-6-9-19-32(12-13)24(37)22-23(36)17(35)10-11-33(22)34(19)25(27)14-4-2-3-5-18(14)38-26(28,29)20-15(25)7-8-16(30)21(20)31/h2-5,7-8,10-11,13,19,36H,6,9,12H2,1H3/t13-,19-,25+/m1/s1. The Balaban J connectivity index is 1.75. The van der Waals surface area contributed by atoms with Crippen molar-refractivity contribution < 1.29 is 18.7 Å². The quantitative estimate of drug-likeness (QED) is 0.496. The minimum atomic E-state index is -1.90. The molecule has 0 unspecified atom stereocenters. The van der Waals surface area contributed by atoms with Gasteiger partial charge in [-0.15, -0.1) is 11.8 Å². The fourth-order valence-corrected chi connectivity index (χ4v) is 7.08. The molecule has 12 heteroatoms. The molecule has 1 amide bonds. The molecule has 6 rings (SSSR count). The van der Waals surface area contributed by atoms with Gasteiger partial charge in [0.2, 0.25) is 5.43 Å². The third-order valence-electron chi connectivity index (χ3n) is 7.65. The number of hydrogen-bond acceptors (Lipinski definition) is 5.